The third-order valence-electron chi connectivity index (χ3n) is 4.10. The fourth-order valence-electron chi connectivity index (χ4n) is 2.55. The Labute approximate surface area is 178 Å². The van der Waals surface area contributed by atoms with E-state index in [1.807, 2.05) is 31.2 Å². The van der Waals surface area contributed by atoms with E-state index in [4.69, 9.17) is 28.6 Å². The summed E-state index contributed by atoms with van der Waals surface area (Å²) in [6.45, 7) is 2.30. The Morgan fingerprint density at radius 3 is 2.55 bits per heavy atom. The number of nitrogens with one attached hydrogen (secondary N) is 4. The molecule has 2 aromatic carbocycles. The first-order chi connectivity index (χ1) is 13.9. The highest BCUT2D eigenvalue weighted by molar-refractivity contribution is 6.42. The predicted octanol–water partition coefficient (Wildman–Crippen LogP) is 5.76. The lowest BCUT2D eigenvalue weighted by Gasteiger charge is -2.12. The predicted molar refractivity (Wildman–Crippen MR) is 119 cm³/mol. The topological polar surface area (TPSA) is 89.9 Å². The third kappa shape index (κ3) is 5.70. The monoisotopic (exact) mass is 427 g/mol. The number of amides is 2. The Morgan fingerprint density at radius 2 is 1.86 bits per heavy atom. The molecule has 2 amide bonds. The van der Waals surface area contributed by atoms with Crippen molar-refractivity contribution >= 4 is 52.6 Å². The summed E-state index contributed by atoms with van der Waals surface area (Å²) >= 11 is 11.9. The summed E-state index contributed by atoms with van der Waals surface area (Å²) in [5, 5.41) is 17.2. The standard InChI is InChI=1S/C21H19Cl2N5O/c1-13-2-5-16(6-3-13)27-19-12-25-20(9-15(19)10-24)28-21(29)26-11-14-4-7-17(22)18(23)8-14/h2-10,12,24,27H,11H2,1H3,(H2,25,26,28,29). The van der Waals surface area contributed by atoms with E-state index in [-0.39, 0.29) is 6.54 Å². The number of anilines is 3. The second-order valence-corrected chi connectivity index (χ2v) is 7.16. The summed E-state index contributed by atoms with van der Waals surface area (Å²) in [6.07, 6.45) is 2.78. The third-order valence-corrected chi connectivity index (χ3v) is 4.84. The second-order valence-electron chi connectivity index (χ2n) is 6.35. The number of hydrogen-bond donors (Lipinski definition) is 4. The minimum absolute atomic E-state index is 0.285. The number of pyridine rings is 1. The van der Waals surface area contributed by atoms with Crippen molar-refractivity contribution in [2.45, 2.75) is 13.5 Å². The number of rotatable bonds is 6. The van der Waals surface area contributed by atoms with Gasteiger partial charge in [0.05, 0.1) is 21.9 Å². The van der Waals surface area contributed by atoms with Crippen molar-refractivity contribution in [3.8, 4) is 0 Å². The summed E-state index contributed by atoms with van der Waals surface area (Å²) in [5.74, 6) is 0.338. The zero-order chi connectivity index (χ0) is 20.8. The zero-order valence-electron chi connectivity index (χ0n) is 15.6. The van der Waals surface area contributed by atoms with Crippen LogP contribution >= 0.6 is 23.2 Å². The van der Waals surface area contributed by atoms with Crippen LogP contribution in [0.15, 0.2) is 54.7 Å². The molecule has 6 nitrogen and oxygen atoms in total. The molecule has 0 spiro atoms. The number of carbonyl (C=O) groups is 1. The van der Waals surface area contributed by atoms with Gasteiger partial charge in [0.15, 0.2) is 0 Å². The fourth-order valence-corrected chi connectivity index (χ4v) is 2.87. The molecule has 148 valence electrons. The van der Waals surface area contributed by atoms with E-state index >= 15 is 0 Å². The van der Waals surface area contributed by atoms with E-state index in [2.05, 4.69) is 20.9 Å². The van der Waals surface area contributed by atoms with Crippen molar-refractivity contribution in [3.63, 3.8) is 0 Å². The van der Waals surface area contributed by atoms with Crippen LogP contribution in [0.5, 0.6) is 0 Å². The van der Waals surface area contributed by atoms with Crippen LogP contribution in [0.25, 0.3) is 0 Å². The Morgan fingerprint density at radius 1 is 1.10 bits per heavy atom. The molecule has 1 heterocycles. The molecule has 0 aliphatic rings. The van der Waals surface area contributed by atoms with Gasteiger partial charge >= 0.3 is 6.03 Å². The zero-order valence-corrected chi connectivity index (χ0v) is 17.1. The number of hydrogen-bond acceptors (Lipinski definition) is 4. The van der Waals surface area contributed by atoms with Crippen LogP contribution < -0.4 is 16.0 Å². The van der Waals surface area contributed by atoms with Gasteiger partial charge < -0.3 is 16.0 Å². The summed E-state index contributed by atoms with van der Waals surface area (Å²) < 4.78 is 0. The minimum Gasteiger partial charge on any atom is -0.354 e. The average molecular weight is 428 g/mol. The van der Waals surface area contributed by atoms with Gasteiger partial charge in [-0.1, -0.05) is 47.0 Å². The Bertz CT molecular complexity index is 1040. The van der Waals surface area contributed by atoms with E-state index in [1.165, 1.54) is 6.21 Å². The van der Waals surface area contributed by atoms with Gasteiger partial charge in [-0.15, -0.1) is 0 Å². The van der Waals surface area contributed by atoms with Gasteiger partial charge in [-0.3, -0.25) is 5.32 Å². The highest BCUT2D eigenvalue weighted by Gasteiger charge is 2.08. The molecule has 8 heteroatoms. The normalized spacial score (nSPS) is 10.3. The molecule has 3 rings (SSSR count). The Hall–Kier alpha value is -3.09. The van der Waals surface area contributed by atoms with Crippen molar-refractivity contribution in [1.29, 1.82) is 5.41 Å². The van der Waals surface area contributed by atoms with E-state index in [0.717, 1.165) is 16.8 Å². The van der Waals surface area contributed by atoms with E-state index in [9.17, 15) is 4.79 Å². The van der Waals surface area contributed by atoms with Gasteiger partial charge in [0, 0.05) is 24.0 Å². The lowest BCUT2D eigenvalue weighted by Crippen LogP contribution is -2.28. The first-order valence-corrected chi connectivity index (χ1v) is 9.53. The first-order valence-electron chi connectivity index (χ1n) is 8.77. The van der Waals surface area contributed by atoms with Crippen molar-refractivity contribution in [1.82, 2.24) is 10.3 Å². The van der Waals surface area contributed by atoms with Crippen LogP contribution in [0.4, 0.5) is 22.0 Å². The minimum atomic E-state index is -0.418. The van der Waals surface area contributed by atoms with Crippen molar-refractivity contribution < 1.29 is 4.79 Å². The second kappa shape index (κ2) is 9.41. The van der Waals surface area contributed by atoms with Crippen molar-refractivity contribution in [2.24, 2.45) is 0 Å². The molecule has 0 radical (unpaired) electrons. The van der Waals surface area contributed by atoms with Crippen LogP contribution in [0, 0.1) is 12.3 Å². The smallest absolute Gasteiger partial charge is 0.320 e. The maximum Gasteiger partial charge on any atom is 0.320 e. The van der Waals surface area contributed by atoms with Crippen molar-refractivity contribution in [2.75, 3.05) is 10.6 Å². The molecule has 0 unspecified atom stereocenters. The molecule has 0 atom stereocenters. The number of aryl methyl sites for hydroxylation is 1. The molecule has 0 saturated heterocycles. The van der Waals surface area contributed by atoms with Gasteiger partial charge in [-0.2, -0.15) is 0 Å². The van der Waals surface area contributed by atoms with E-state index < -0.39 is 6.03 Å². The largest absolute Gasteiger partial charge is 0.354 e. The van der Waals surface area contributed by atoms with E-state index in [0.29, 0.717) is 27.1 Å². The van der Waals surface area contributed by atoms with Crippen LogP contribution in [-0.4, -0.2) is 17.2 Å². The summed E-state index contributed by atoms with van der Waals surface area (Å²) in [6, 6.07) is 14.3. The first kappa shape index (κ1) is 20.6. The van der Waals surface area contributed by atoms with E-state index in [1.54, 1.807) is 30.5 Å². The number of halogens is 2. The molecule has 0 aliphatic heterocycles. The lowest BCUT2D eigenvalue weighted by molar-refractivity contribution is 0.251. The van der Waals surface area contributed by atoms with Gasteiger partial charge in [-0.25, -0.2) is 9.78 Å². The number of benzene rings is 2. The Kier molecular flexibility index (Phi) is 6.69. The van der Waals surface area contributed by atoms with Crippen molar-refractivity contribution in [3.05, 3.63) is 81.5 Å². The highest BCUT2D eigenvalue weighted by atomic mass is 35.5. The molecule has 0 aliphatic carbocycles. The summed E-state index contributed by atoms with van der Waals surface area (Å²) in [5.41, 5.74) is 4.14. The van der Waals surface area contributed by atoms with Gasteiger partial charge in [0.1, 0.15) is 5.82 Å². The summed E-state index contributed by atoms with van der Waals surface area (Å²) in [4.78, 5) is 16.4. The van der Waals surface area contributed by atoms with Gasteiger partial charge in [-0.05, 0) is 42.8 Å². The quantitative estimate of drug-likeness (QED) is 0.377. The maximum absolute atomic E-state index is 12.2. The van der Waals surface area contributed by atoms with Crippen LogP contribution in [0.3, 0.4) is 0 Å². The molecule has 1 aromatic heterocycles. The molecule has 0 fully saturated rings. The Balaban J connectivity index is 1.62. The molecular weight excluding hydrogens is 409 g/mol. The maximum atomic E-state index is 12.2. The molecule has 4 N–H and O–H groups in total. The van der Waals surface area contributed by atoms with Gasteiger partial charge in [0.2, 0.25) is 0 Å². The van der Waals surface area contributed by atoms with Crippen LogP contribution in [0.1, 0.15) is 16.7 Å². The number of nitrogens with zero attached hydrogens (tertiary/aromatic N) is 1. The highest BCUT2D eigenvalue weighted by Crippen LogP contribution is 2.23. The molecule has 0 saturated carbocycles. The number of aromatic nitrogens is 1. The molecular formula is C21H19Cl2N5O. The number of urea groups is 1. The van der Waals surface area contributed by atoms with Crippen LogP contribution in [0.2, 0.25) is 10.0 Å². The lowest BCUT2D eigenvalue weighted by atomic mass is 10.2. The summed E-state index contributed by atoms with van der Waals surface area (Å²) in [7, 11) is 0. The SMILES string of the molecule is Cc1ccc(Nc2cnc(NC(=O)NCc3ccc(Cl)c(Cl)c3)cc2C=N)cc1. The van der Waals surface area contributed by atoms with Crippen LogP contribution in [-0.2, 0) is 6.54 Å². The average Bonchev–Trinajstić information content (AvgIpc) is 2.71. The molecule has 29 heavy (non-hydrogen) atoms. The fraction of sp³-hybridized carbons (Fsp3) is 0.0952. The molecule has 0 bridgehead atoms. The molecule has 3 aromatic rings. The number of carbonyl (C=O) groups excluding carboxylic acids is 1. The van der Waals surface area contributed by atoms with Gasteiger partial charge in [0.25, 0.3) is 0 Å².